The van der Waals surface area contributed by atoms with Crippen molar-refractivity contribution in [2.45, 2.75) is 431 Å². The molecule has 0 aliphatic carbocycles. The summed E-state index contributed by atoms with van der Waals surface area (Å²) in [5.74, 6) is -0.0545. The number of nitrogens with one attached hydrogen (secondary N) is 1. The molecule has 6 nitrogen and oxygen atoms in total. The molecule has 0 fully saturated rings. The van der Waals surface area contributed by atoms with Crippen LogP contribution in [0, 0.1) is 0 Å². The van der Waals surface area contributed by atoms with E-state index >= 15 is 0 Å². The highest BCUT2D eigenvalue weighted by molar-refractivity contribution is 5.76. The Hall–Kier alpha value is -1.92. The van der Waals surface area contributed by atoms with Gasteiger partial charge >= 0.3 is 5.97 Å². The van der Waals surface area contributed by atoms with Crippen LogP contribution in [0.2, 0.25) is 0 Å². The Bertz CT molecular complexity index is 1340. The second-order valence-corrected chi connectivity index (χ2v) is 26.0. The van der Waals surface area contributed by atoms with E-state index in [0.717, 1.165) is 51.4 Å². The third-order valence-electron chi connectivity index (χ3n) is 17.7. The lowest BCUT2D eigenvalue weighted by Crippen LogP contribution is -2.45. The first-order valence-corrected chi connectivity index (χ1v) is 37.8. The molecule has 0 heterocycles. The fourth-order valence-electron chi connectivity index (χ4n) is 11.9. The first kappa shape index (κ1) is 81.1. The van der Waals surface area contributed by atoms with E-state index in [4.69, 9.17) is 4.74 Å². The second kappa shape index (κ2) is 72.6. The molecule has 0 aliphatic heterocycles. The van der Waals surface area contributed by atoms with Crippen molar-refractivity contribution in [1.82, 2.24) is 5.32 Å². The van der Waals surface area contributed by atoms with E-state index in [9.17, 15) is 19.8 Å². The Morgan fingerprint density at radius 3 is 0.940 bits per heavy atom. The molecule has 0 radical (unpaired) electrons. The summed E-state index contributed by atoms with van der Waals surface area (Å²) >= 11 is 0. The highest BCUT2D eigenvalue weighted by atomic mass is 16.5. The number of aliphatic hydroxyl groups is 2. The summed E-state index contributed by atoms with van der Waals surface area (Å²) in [5, 5.41) is 23.3. The first-order chi connectivity index (χ1) is 41.0. The molecule has 0 bridgehead atoms. The van der Waals surface area contributed by atoms with Gasteiger partial charge in [0.15, 0.2) is 0 Å². The van der Waals surface area contributed by atoms with Crippen molar-refractivity contribution in [2.75, 3.05) is 13.2 Å². The lowest BCUT2D eigenvalue weighted by atomic mass is 10.0. The molecule has 0 saturated heterocycles. The van der Waals surface area contributed by atoms with Gasteiger partial charge in [0, 0.05) is 12.8 Å². The van der Waals surface area contributed by atoms with Crippen LogP contribution in [-0.4, -0.2) is 47.4 Å². The van der Waals surface area contributed by atoms with Gasteiger partial charge in [0.05, 0.1) is 25.4 Å². The van der Waals surface area contributed by atoms with Gasteiger partial charge in [0.25, 0.3) is 0 Å². The van der Waals surface area contributed by atoms with Crippen LogP contribution in [0.5, 0.6) is 0 Å². The maximum absolute atomic E-state index is 12.5. The summed E-state index contributed by atoms with van der Waals surface area (Å²) in [4.78, 5) is 24.6. The minimum atomic E-state index is -0.843. The molecule has 1 amide bonds. The second-order valence-electron chi connectivity index (χ2n) is 26.0. The summed E-state index contributed by atoms with van der Waals surface area (Å²) in [6.45, 7) is 4.91. The number of ether oxygens (including phenoxy) is 1. The maximum Gasteiger partial charge on any atom is 0.305 e. The third-order valence-corrected chi connectivity index (χ3v) is 17.7. The molecule has 2 atom stereocenters. The van der Waals surface area contributed by atoms with Crippen molar-refractivity contribution in [3.8, 4) is 0 Å². The zero-order chi connectivity index (χ0) is 59.9. The number of carbonyl (C=O) groups is 2. The van der Waals surface area contributed by atoms with Gasteiger partial charge in [-0.15, -0.1) is 0 Å². The van der Waals surface area contributed by atoms with Gasteiger partial charge in [-0.2, -0.15) is 0 Å². The zero-order valence-electron chi connectivity index (χ0n) is 56.2. The van der Waals surface area contributed by atoms with Crippen LogP contribution in [0.3, 0.4) is 0 Å². The molecular formula is C77H147NO5. The maximum atomic E-state index is 12.5. The van der Waals surface area contributed by atoms with Gasteiger partial charge in [-0.3, -0.25) is 9.59 Å². The van der Waals surface area contributed by atoms with Gasteiger partial charge in [-0.1, -0.05) is 378 Å². The normalized spacial score (nSPS) is 12.7. The standard InChI is InChI=1S/C77H147NO5/c1-3-5-7-9-11-13-15-17-19-20-21-22-32-35-38-42-45-49-53-57-61-65-69-75(80)74(73-79)78-76(81)70-66-62-58-54-50-46-43-39-36-33-30-28-26-24-23-25-27-29-31-34-37-40-44-48-52-56-60-64-68-72-83-77(82)71-67-63-59-55-51-47-41-18-16-14-12-10-8-6-4-2/h12,14,18,41,65,69,74-75,79-80H,3-11,13,15-17,19-40,42-64,66-68,70-73H2,1-2H3,(H,78,81)/b14-12-,41-18-,69-65+. The summed E-state index contributed by atoms with van der Waals surface area (Å²) in [6, 6.07) is -0.627. The van der Waals surface area contributed by atoms with Crippen molar-refractivity contribution < 1.29 is 24.5 Å². The number of hydrogen-bond acceptors (Lipinski definition) is 5. The molecular weight excluding hydrogens is 1020 g/mol. The molecule has 0 aromatic heterocycles. The van der Waals surface area contributed by atoms with E-state index in [1.165, 1.54) is 340 Å². The predicted molar refractivity (Wildman–Crippen MR) is 366 cm³/mol. The Morgan fingerprint density at radius 1 is 0.337 bits per heavy atom. The predicted octanol–water partition coefficient (Wildman–Crippen LogP) is 24.7. The highest BCUT2D eigenvalue weighted by Gasteiger charge is 2.18. The number of carbonyl (C=O) groups excluding carboxylic acids is 2. The van der Waals surface area contributed by atoms with E-state index in [2.05, 4.69) is 43.5 Å². The zero-order valence-corrected chi connectivity index (χ0v) is 56.2. The number of aliphatic hydroxyl groups excluding tert-OH is 2. The van der Waals surface area contributed by atoms with Crippen LogP contribution >= 0.6 is 0 Å². The molecule has 0 rings (SSSR count). The number of hydrogen-bond donors (Lipinski definition) is 3. The number of rotatable bonds is 71. The van der Waals surface area contributed by atoms with Crippen molar-refractivity contribution in [3.05, 3.63) is 36.5 Å². The van der Waals surface area contributed by atoms with E-state index in [1.54, 1.807) is 6.08 Å². The van der Waals surface area contributed by atoms with E-state index < -0.39 is 12.1 Å². The molecule has 6 heteroatoms. The molecule has 0 saturated carbocycles. The quantitative estimate of drug-likeness (QED) is 0.0320. The van der Waals surface area contributed by atoms with E-state index in [1.807, 2.05) is 6.08 Å². The number of allylic oxidation sites excluding steroid dienone is 5. The Balaban J connectivity index is 3.37. The SMILES string of the molecule is CCCCC/C=C\C/C=C\CCCCCCCC(=O)OCCCCCCCCCCCCCCCCCCCCCCCCCCCCCCCC(=O)NC(CO)C(O)/C=C/CCCCCCCCCCCCCCCCCCCCCC. The van der Waals surface area contributed by atoms with Gasteiger partial charge in [-0.05, 0) is 64.2 Å². The van der Waals surface area contributed by atoms with Gasteiger partial charge < -0.3 is 20.3 Å². The fourth-order valence-corrected chi connectivity index (χ4v) is 11.9. The minimum absolute atomic E-state index is 0.00569. The molecule has 490 valence electrons. The van der Waals surface area contributed by atoms with Crippen LogP contribution in [-0.2, 0) is 14.3 Å². The fraction of sp³-hybridized carbons (Fsp3) is 0.896. The summed E-state index contributed by atoms with van der Waals surface area (Å²) < 4.78 is 5.49. The molecule has 0 aliphatic rings. The summed E-state index contributed by atoms with van der Waals surface area (Å²) in [6.07, 6.45) is 93.9. The van der Waals surface area contributed by atoms with E-state index in [0.29, 0.717) is 19.4 Å². The van der Waals surface area contributed by atoms with E-state index in [-0.39, 0.29) is 18.5 Å². The van der Waals surface area contributed by atoms with Gasteiger partial charge in [0.2, 0.25) is 5.91 Å². The van der Waals surface area contributed by atoms with Crippen LogP contribution in [0.4, 0.5) is 0 Å². The molecule has 0 aromatic carbocycles. The number of amides is 1. The lowest BCUT2D eigenvalue weighted by molar-refractivity contribution is -0.143. The molecule has 0 aromatic rings. The number of esters is 1. The first-order valence-electron chi connectivity index (χ1n) is 37.8. The third kappa shape index (κ3) is 69.1. The van der Waals surface area contributed by atoms with Gasteiger partial charge in [-0.25, -0.2) is 0 Å². The van der Waals surface area contributed by atoms with Gasteiger partial charge in [0.1, 0.15) is 0 Å². The minimum Gasteiger partial charge on any atom is -0.466 e. The Kier molecular flexibility index (Phi) is 70.9. The smallest absolute Gasteiger partial charge is 0.305 e. The Labute approximate surface area is 519 Å². The topological polar surface area (TPSA) is 95.9 Å². The van der Waals surface area contributed by atoms with Crippen LogP contribution in [0.15, 0.2) is 36.5 Å². The number of unbranched alkanes of at least 4 members (excludes halogenated alkanes) is 56. The summed E-state index contributed by atoms with van der Waals surface area (Å²) in [7, 11) is 0. The largest absolute Gasteiger partial charge is 0.466 e. The van der Waals surface area contributed by atoms with Crippen molar-refractivity contribution in [2.24, 2.45) is 0 Å². The molecule has 2 unspecified atom stereocenters. The average Bonchev–Trinajstić information content (AvgIpc) is 3.49. The van der Waals surface area contributed by atoms with Crippen molar-refractivity contribution >= 4 is 11.9 Å². The van der Waals surface area contributed by atoms with Crippen LogP contribution in [0.25, 0.3) is 0 Å². The monoisotopic (exact) mass is 1170 g/mol. The van der Waals surface area contributed by atoms with Crippen molar-refractivity contribution in [1.29, 1.82) is 0 Å². The highest BCUT2D eigenvalue weighted by Crippen LogP contribution is 2.19. The molecule has 0 spiro atoms. The Morgan fingerprint density at radius 2 is 0.602 bits per heavy atom. The van der Waals surface area contributed by atoms with Crippen LogP contribution < -0.4 is 5.32 Å². The van der Waals surface area contributed by atoms with Crippen molar-refractivity contribution in [3.63, 3.8) is 0 Å². The van der Waals surface area contributed by atoms with Crippen LogP contribution in [0.1, 0.15) is 418 Å². The lowest BCUT2D eigenvalue weighted by Gasteiger charge is -2.20. The molecule has 83 heavy (non-hydrogen) atoms. The summed E-state index contributed by atoms with van der Waals surface area (Å²) in [5.41, 5.74) is 0. The molecule has 3 N–H and O–H groups in total. The average molecular weight is 1170 g/mol.